The van der Waals surface area contributed by atoms with E-state index in [1.807, 2.05) is 0 Å². The van der Waals surface area contributed by atoms with E-state index in [0.717, 1.165) is 5.56 Å². The van der Waals surface area contributed by atoms with Crippen LogP contribution in [-0.4, -0.2) is 12.0 Å². The highest BCUT2D eigenvalue weighted by Crippen LogP contribution is 2.29. The molecule has 0 spiro atoms. The summed E-state index contributed by atoms with van der Waals surface area (Å²) in [5.41, 5.74) is 1.20. The Morgan fingerprint density at radius 1 is 1.32 bits per heavy atom. The number of halogens is 3. The molecule has 116 valence electrons. The quantitative estimate of drug-likeness (QED) is 0.807. The average Bonchev–Trinajstić information content (AvgIpc) is 2.45. The standard InChI is InChI=1S/C16H14BrClFNO2/c1-9-3-5-12(19)8-14(9)20-16(21)10(2)22-15-6-4-11(18)7-13(15)17/h3-8,10H,1-2H3,(H,20,21). The molecule has 1 unspecified atom stereocenters. The Kier molecular flexibility index (Phi) is 5.42. The Morgan fingerprint density at radius 3 is 2.73 bits per heavy atom. The third-order valence-corrected chi connectivity index (χ3v) is 3.88. The van der Waals surface area contributed by atoms with Crippen molar-refractivity contribution in [2.24, 2.45) is 0 Å². The molecule has 0 aliphatic rings. The van der Waals surface area contributed by atoms with Crippen LogP contribution in [0.4, 0.5) is 10.1 Å². The highest BCUT2D eigenvalue weighted by atomic mass is 79.9. The van der Waals surface area contributed by atoms with Crippen LogP contribution < -0.4 is 10.1 Å². The van der Waals surface area contributed by atoms with Crippen LogP contribution in [0.25, 0.3) is 0 Å². The van der Waals surface area contributed by atoms with Gasteiger partial charge in [-0.05, 0) is 65.7 Å². The lowest BCUT2D eigenvalue weighted by Gasteiger charge is -2.16. The third kappa shape index (κ3) is 4.21. The second-order valence-corrected chi connectivity index (χ2v) is 6.07. The van der Waals surface area contributed by atoms with Gasteiger partial charge in [0.15, 0.2) is 6.10 Å². The van der Waals surface area contributed by atoms with Crippen molar-refractivity contribution in [2.75, 3.05) is 5.32 Å². The first-order chi connectivity index (χ1) is 10.4. The van der Waals surface area contributed by atoms with E-state index < -0.39 is 11.9 Å². The Bertz CT molecular complexity index is 709. The Labute approximate surface area is 141 Å². The fourth-order valence-electron chi connectivity index (χ4n) is 1.78. The number of benzene rings is 2. The molecule has 0 fully saturated rings. The molecule has 1 atom stereocenters. The van der Waals surface area contributed by atoms with Gasteiger partial charge in [-0.1, -0.05) is 17.7 Å². The molecule has 0 aliphatic carbocycles. The van der Waals surface area contributed by atoms with Gasteiger partial charge in [0.25, 0.3) is 5.91 Å². The normalized spacial score (nSPS) is 11.9. The molecular formula is C16H14BrClFNO2. The zero-order valence-electron chi connectivity index (χ0n) is 12.0. The molecule has 1 N–H and O–H groups in total. The molecule has 0 saturated heterocycles. The summed E-state index contributed by atoms with van der Waals surface area (Å²) in [6.07, 6.45) is -0.750. The molecule has 0 radical (unpaired) electrons. The number of hydrogen-bond acceptors (Lipinski definition) is 2. The highest BCUT2D eigenvalue weighted by molar-refractivity contribution is 9.10. The van der Waals surface area contributed by atoms with Gasteiger partial charge in [0.05, 0.1) is 4.47 Å². The summed E-state index contributed by atoms with van der Waals surface area (Å²) in [6, 6.07) is 9.24. The summed E-state index contributed by atoms with van der Waals surface area (Å²) in [6.45, 7) is 3.40. The minimum absolute atomic E-state index is 0.365. The van der Waals surface area contributed by atoms with Gasteiger partial charge in [0, 0.05) is 10.7 Å². The van der Waals surface area contributed by atoms with Crippen LogP contribution in [0.2, 0.25) is 5.02 Å². The van der Waals surface area contributed by atoms with E-state index in [0.29, 0.717) is 20.9 Å². The molecule has 0 aliphatic heterocycles. The predicted octanol–water partition coefficient (Wildman–Crippen LogP) is 4.96. The van der Waals surface area contributed by atoms with Crippen LogP contribution in [0.3, 0.4) is 0 Å². The first kappa shape index (κ1) is 16.8. The number of aryl methyl sites for hydroxylation is 1. The van der Waals surface area contributed by atoms with Crippen molar-refractivity contribution in [3.05, 3.63) is 57.3 Å². The lowest BCUT2D eigenvalue weighted by Crippen LogP contribution is -2.30. The summed E-state index contributed by atoms with van der Waals surface area (Å²) in [5.74, 6) is -0.270. The second kappa shape index (κ2) is 7.11. The van der Waals surface area contributed by atoms with Crippen molar-refractivity contribution in [1.82, 2.24) is 0 Å². The van der Waals surface area contributed by atoms with Crippen molar-refractivity contribution < 1.29 is 13.9 Å². The maximum atomic E-state index is 13.2. The summed E-state index contributed by atoms with van der Waals surface area (Å²) in [7, 11) is 0. The molecule has 2 aromatic rings. The van der Waals surface area contributed by atoms with E-state index in [9.17, 15) is 9.18 Å². The van der Waals surface area contributed by atoms with Gasteiger partial charge >= 0.3 is 0 Å². The molecule has 0 aromatic heterocycles. The van der Waals surface area contributed by atoms with Gasteiger partial charge in [-0.25, -0.2) is 4.39 Å². The Morgan fingerprint density at radius 2 is 2.05 bits per heavy atom. The number of anilines is 1. The van der Waals surface area contributed by atoms with Gasteiger partial charge in [0.2, 0.25) is 0 Å². The van der Waals surface area contributed by atoms with Crippen LogP contribution in [0, 0.1) is 12.7 Å². The number of hydrogen-bond donors (Lipinski definition) is 1. The van der Waals surface area contributed by atoms with Crippen LogP contribution in [0.5, 0.6) is 5.75 Å². The molecule has 1 amide bonds. The van der Waals surface area contributed by atoms with E-state index in [2.05, 4.69) is 21.2 Å². The number of carbonyl (C=O) groups excluding carboxylic acids is 1. The molecule has 0 heterocycles. The summed E-state index contributed by atoms with van der Waals surface area (Å²) in [4.78, 5) is 12.2. The summed E-state index contributed by atoms with van der Waals surface area (Å²) in [5, 5.41) is 3.22. The topological polar surface area (TPSA) is 38.3 Å². The summed E-state index contributed by atoms with van der Waals surface area (Å²) >= 11 is 9.18. The maximum Gasteiger partial charge on any atom is 0.265 e. The SMILES string of the molecule is Cc1ccc(F)cc1NC(=O)C(C)Oc1ccc(Cl)cc1Br. The minimum Gasteiger partial charge on any atom is -0.480 e. The van der Waals surface area contributed by atoms with E-state index >= 15 is 0 Å². The number of ether oxygens (including phenoxy) is 1. The molecule has 3 nitrogen and oxygen atoms in total. The molecule has 2 rings (SSSR count). The molecule has 0 bridgehead atoms. The Hall–Kier alpha value is -1.59. The zero-order chi connectivity index (χ0) is 16.3. The fraction of sp³-hybridized carbons (Fsp3) is 0.188. The lowest BCUT2D eigenvalue weighted by molar-refractivity contribution is -0.122. The van der Waals surface area contributed by atoms with Crippen LogP contribution in [0.15, 0.2) is 40.9 Å². The summed E-state index contributed by atoms with van der Waals surface area (Å²) < 4.78 is 19.5. The molecule has 0 saturated carbocycles. The number of amides is 1. The first-order valence-corrected chi connectivity index (χ1v) is 7.72. The minimum atomic E-state index is -0.750. The molecular weight excluding hydrogens is 373 g/mol. The zero-order valence-corrected chi connectivity index (χ0v) is 14.3. The number of carbonyl (C=O) groups is 1. The maximum absolute atomic E-state index is 13.2. The lowest BCUT2D eigenvalue weighted by atomic mass is 10.2. The number of nitrogens with one attached hydrogen (secondary N) is 1. The van der Waals surface area contributed by atoms with E-state index in [4.69, 9.17) is 16.3 Å². The largest absolute Gasteiger partial charge is 0.480 e. The predicted molar refractivity (Wildman–Crippen MR) is 89.0 cm³/mol. The Balaban J connectivity index is 2.07. The smallest absolute Gasteiger partial charge is 0.265 e. The van der Waals surface area contributed by atoms with Gasteiger partial charge in [-0.2, -0.15) is 0 Å². The van der Waals surface area contributed by atoms with Crippen LogP contribution >= 0.6 is 27.5 Å². The van der Waals surface area contributed by atoms with Crippen molar-refractivity contribution in [1.29, 1.82) is 0 Å². The van der Waals surface area contributed by atoms with Gasteiger partial charge < -0.3 is 10.1 Å². The van der Waals surface area contributed by atoms with Gasteiger partial charge in [-0.15, -0.1) is 0 Å². The first-order valence-electron chi connectivity index (χ1n) is 6.55. The van der Waals surface area contributed by atoms with E-state index in [1.54, 1.807) is 38.1 Å². The molecule has 22 heavy (non-hydrogen) atoms. The van der Waals surface area contributed by atoms with Crippen molar-refractivity contribution in [3.63, 3.8) is 0 Å². The van der Waals surface area contributed by atoms with Crippen molar-refractivity contribution in [2.45, 2.75) is 20.0 Å². The van der Waals surface area contributed by atoms with Gasteiger partial charge in [0.1, 0.15) is 11.6 Å². The van der Waals surface area contributed by atoms with Crippen LogP contribution in [-0.2, 0) is 4.79 Å². The second-order valence-electron chi connectivity index (χ2n) is 4.78. The average molecular weight is 387 g/mol. The monoisotopic (exact) mass is 385 g/mol. The van der Waals surface area contributed by atoms with Gasteiger partial charge in [-0.3, -0.25) is 4.79 Å². The van der Waals surface area contributed by atoms with E-state index in [1.165, 1.54) is 12.1 Å². The van der Waals surface area contributed by atoms with E-state index in [-0.39, 0.29) is 5.91 Å². The number of rotatable bonds is 4. The molecule has 6 heteroatoms. The van der Waals surface area contributed by atoms with Crippen molar-refractivity contribution in [3.8, 4) is 5.75 Å². The molecule has 2 aromatic carbocycles. The highest BCUT2D eigenvalue weighted by Gasteiger charge is 2.17. The fourth-order valence-corrected chi connectivity index (χ4v) is 2.55. The van der Waals surface area contributed by atoms with Crippen molar-refractivity contribution >= 4 is 39.1 Å². The van der Waals surface area contributed by atoms with Crippen LogP contribution in [0.1, 0.15) is 12.5 Å². The third-order valence-electron chi connectivity index (χ3n) is 3.02.